The number of aryl methyl sites for hydroxylation is 3. The van der Waals surface area contributed by atoms with E-state index in [0.717, 1.165) is 23.1 Å². The van der Waals surface area contributed by atoms with Gasteiger partial charge in [-0.25, -0.2) is 0 Å². The summed E-state index contributed by atoms with van der Waals surface area (Å²) in [5.74, 6) is 0.584. The van der Waals surface area contributed by atoms with E-state index in [1.54, 1.807) is 12.4 Å². The number of hydrogen-bond acceptors (Lipinski definition) is 5. The number of esters is 1. The summed E-state index contributed by atoms with van der Waals surface area (Å²) in [6.07, 6.45) is 4.77. The number of carbonyl (C=O) groups excluding carboxylic acids is 2. The molecular weight excluding hydrogens is 452 g/mol. The molecule has 1 amide bonds. The van der Waals surface area contributed by atoms with Crippen LogP contribution in [0.2, 0.25) is 0 Å². The lowest BCUT2D eigenvalue weighted by Crippen LogP contribution is -2.30. The Bertz CT molecular complexity index is 1150. The van der Waals surface area contributed by atoms with Crippen molar-refractivity contribution in [3.63, 3.8) is 0 Å². The summed E-state index contributed by atoms with van der Waals surface area (Å²) in [7, 11) is 1.37. The highest BCUT2D eigenvalue weighted by Crippen LogP contribution is 2.25. The summed E-state index contributed by atoms with van der Waals surface area (Å²) < 4.78 is 10.7. The molecule has 3 aromatic rings. The zero-order valence-electron chi connectivity index (χ0n) is 21.8. The summed E-state index contributed by atoms with van der Waals surface area (Å²) in [5, 5.41) is 3.27. The molecule has 0 bridgehead atoms. The standard InChI is InChI=1S/C30H36N2O4/c1-20(2)13-28(25-15-21(3)14-22(4)16-25)32-30(34)27-17-23(19-36-26-7-6-12-31-18-26)8-9-24(27)10-11-29(33)35-5/h6-9,12,14-18,20,28H,10-11,13,19H2,1-5H3,(H,32,34). The van der Waals surface area contributed by atoms with Crippen LogP contribution in [0.5, 0.6) is 5.75 Å². The number of aromatic nitrogens is 1. The van der Waals surface area contributed by atoms with Gasteiger partial charge in [0.1, 0.15) is 12.4 Å². The molecule has 2 aromatic carbocycles. The first-order chi connectivity index (χ1) is 17.2. The van der Waals surface area contributed by atoms with E-state index >= 15 is 0 Å². The quantitative estimate of drug-likeness (QED) is 0.340. The topological polar surface area (TPSA) is 77.5 Å². The van der Waals surface area contributed by atoms with Crippen molar-refractivity contribution in [2.45, 2.75) is 59.6 Å². The van der Waals surface area contributed by atoms with E-state index < -0.39 is 0 Å². The number of hydrogen-bond donors (Lipinski definition) is 1. The van der Waals surface area contributed by atoms with Gasteiger partial charge in [0.2, 0.25) is 0 Å². The average Bonchev–Trinajstić information content (AvgIpc) is 2.85. The Morgan fingerprint density at radius 2 is 1.78 bits per heavy atom. The molecule has 0 aliphatic heterocycles. The predicted molar refractivity (Wildman–Crippen MR) is 141 cm³/mol. The number of amides is 1. The lowest BCUT2D eigenvalue weighted by molar-refractivity contribution is -0.140. The molecule has 0 spiro atoms. The van der Waals surface area contributed by atoms with Crippen molar-refractivity contribution >= 4 is 11.9 Å². The number of ether oxygens (including phenoxy) is 2. The molecule has 0 saturated carbocycles. The Hall–Kier alpha value is -3.67. The largest absolute Gasteiger partial charge is 0.487 e. The maximum absolute atomic E-state index is 13.7. The van der Waals surface area contributed by atoms with Gasteiger partial charge in [0.15, 0.2) is 0 Å². The van der Waals surface area contributed by atoms with E-state index in [1.807, 2.05) is 30.3 Å². The zero-order valence-corrected chi connectivity index (χ0v) is 21.8. The third-order valence-corrected chi connectivity index (χ3v) is 5.94. The molecule has 0 fully saturated rings. The Morgan fingerprint density at radius 1 is 1.03 bits per heavy atom. The molecule has 36 heavy (non-hydrogen) atoms. The molecule has 1 atom stereocenters. The van der Waals surface area contributed by atoms with Crippen LogP contribution in [0.3, 0.4) is 0 Å². The highest BCUT2D eigenvalue weighted by molar-refractivity contribution is 5.96. The minimum atomic E-state index is -0.307. The van der Waals surface area contributed by atoms with Gasteiger partial charge >= 0.3 is 5.97 Å². The van der Waals surface area contributed by atoms with Crippen molar-refractivity contribution in [1.29, 1.82) is 0 Å². The minimum absolute atomic E-state index is 0.125. The normalized spacial score (nSPS) is 11.7. The van der Waals surface area contributed by atoms with Gasteiger partial charge < -0.3 is 14.8 Å². The van der Waals surface area contributed by atoms with Gasteiger partial charge in [-0.15, -0.1) is 0 Å². The molecule has 1 aromatic heterocycles. The second-order valence-corrected chi connectivity index (χ2v) is 9.62. The number of methoxy groups -OCH3 is 1. The van der Waals surface area contributed by atoms with Gasteiger partial charge in [0.25, 0.3) is 5.91 Å². The average molecular weight is 489 g/mol. The van der Waals surface area contributed by atoms with Crippen LogP contribution < -0.4 is 10.1 Å². The van der Waals surface area contributed by atoms with Crippen LogP contribution in [0.4, 0.5) is 0 Å². The Kier molecular flexibility index (Phi) is 9.62. The number of nitrogens with one attached hydrogen (secondary N) is 1. The molecular formula is C30H36N2O4. The van der Waals surface area contributed by atoms with Crippen molar-refractivity contribution in [3.8, 4) is 5.75 Å². The van der Waals surface area contributed by atoms with Crippen molar-refractivity contribution in [2.24, 2.45) is 5.92 Å². The van der Waals surface area contributed by atoms with Crippen molar-refractivity contribution in [3.05, 3.63) is 94.3 Å². The van der Waals surface area contributed by atoms with Crippen molar-refractivity contribution < 1.29 is 19.1 Å². The fourth-order valence-corrected chi connectivity index (χ4v) is 4.28. The molecule has 1 heterocycles. The van der Waals surface area contributed by atoms with Crippen molar-refractivity contribution in [2.75, 3.05) is 7.11 Å². The number of nitrogens with zero attached hydrogens (tertiary/aromatic N) is 1. The Morgan fingerprint density at radius 3 is 2.42 bits per heavy atom. The number of rotatable bonds is 11. The molecule has 190 valence electrons. The Labute approximate surface area is 214 Å². The lowest BCUT2D eigenvalue weighted by Gasteiger charge is -2.23. The fraction of sp³-hybridized carbons (Fsp3) is 0.367. The number of benzene rings is 2. The highest BCUT2D eigenvalue weighted by Gasteiger charge is 2.21. The van der Waals surface area contributed by atoms with Crippen LogP contribution >= 0.6 is 0 Å². The van der Waals surface area contributed by atoms with Gasteiger partial charge in [-0.1, -0.05) is 55.3 Å². The van der Waals surface area contributed by atoms with Gasteiger partial charge in [0.05, 0.1) is 19.3 Å². The van der Waals surface area contributed by atoms with Gasteiger partial charge in [-0.2, -0.15) is 0 Å². The molecule has 1 N–H and O–H groups in total. The Balaban J connectivity index is 1.88. The molecule has 3 rings (SSSR count). The molecule has 0 aliphatic carbocycles. The first-order valence-electron chi connectivity index (χ1n) is 12.4. The van der Waals surface area contributed by atoms with E-state index in [-0.39, 0.29) is 24.3 Å². The van der Waals surface area contributed by atoms with Crippen LogP contribution in [-0.4, -0.2) is 24.0 Å². The van der Waals surface area contributed by atoms with E-state index in [2.05, 4.69) is 56.2 Å². The fourth-order valence-electron chi connectivity index (χ4n) is 4.28. The van der Waals surface area contributed by atoms with Crippen LogP contribution in [0.25, 0.3) is 0 Å². The molecule has 0 aliphatic rings. The van der Waals surface area contributed by atoms with Crippen LogP contribution in [0.1, 0.15) is 70.9 Å². The molecule has 0 saturated heterocycles. The first-order valence-corrected chi connectivity index (χ1v) is 12.4. The monoisotopic (exact) mass is 488 g/mol. The summed E-state index contributed by atoms with van der Waals surface area (Å²) in [4.78, 5) is 29.5. The maximum atomic E-state index is 13.7. The molecule has 6 heteroatoms. The summed E-state index contributed by atoms with van der Waals surface area (Å²) >= 11 is 0. The third kappa shape index (κ3) is 7.94. The minimum Gasteiger partial charge on any atom is -0.487 e. The van der Waals surface area contributed by atoms with E-state index in [4.69, 9.17) is 9.47 Å². The van der Waals surface area contributed by atoms with Crippen LogP contribution in [0, 0.1) is 19.8 Å². The van der Waals surface area contributed by atoms with Gasteiger partial charge in [0, 0.05) is 18.2 Å². The lowest BCUT2D eigenvalue weighted by atomic mass is 9.93. The maximum Gasteiger partial charge on any atom is 0.305 e. The highest BCUT2D eigenvalue weighted by atomic mass is 16.5. The molecule has 0 radical (unpaired) electrons. The summed E-state index contributed by atoms with van der Waals surface area (Å²) in [6.45, 7) is 8.75. The third-order valence-electron chi connectivity index (χ3n) is 5.94. The summed E-state index contributed by atoms with van der Waals surface area (Å²) in [6, 6.07) is 15.6. The van der Waals surface area contributed by atoms with E-state index in [1.165, 1.54) is 18.2 Å². The summed E-state index contributed by atoms with van der Waals surface area (Å²) in [5.41, 5.74) is 5.64. The van der Waals surface area contributed by atoms with Gasteiger partial charge in [-0.3, -0.25) is 14.6 Å². The second kappa shape index (κ2) is 12.9. The molecule has 6 nitrogen and oxygen atoms in total. The predicted octanol–water partition coefficient (Wildman–Crippen LogP) is 5.90. The van der Waals surface area contributed by atoms with E-state index in [0.29, 0.717) is 30.3 Å². The smallest absolute Gasteiger partial charge is 0.305 e. The zero-order chi connectivity index (χ0) is 26.1. The van der Waals surface area contributed by atoms with Crippen LogP contribution in [0.15, 0.2) is 60.9 Å². The SMILES string of the molecule is COC(=O)CCc1ccc(COc2cccnc2)cc1C(=O)NC(CC(C)C)c1cc(C)cc(C)c1. The number of pyridine rings is 1. The van der Waals surface area contributed by atoms with Crippen molar-refractivity contribution in [1.82, 2.24) is 10.3 Å². The van der Waals surface area contributed by atoms with Crippen LogP contribution in [-0.2, 0) is 22.6 Å². The van der Waals surface area contributed by atoms with E-state index in [9.17, 15) is 9.59 Å². The number of carbonyl (C=O) groups is 2. The molecule has 1 unspecified atom stereocenters. The van der Waals surface area contributed by atoms with Gasteiger partial charge in [-0.05, 0) is 67.5 Å². The second-order valence-electron chi connectivity index (χ2n) is 9.62. The first kappa shape index (κ1) is 26.9.